The normalized spacial score (nSPS) is 13.6. The molecule has 0 spiro atoms. The van der Waals surface area contributed by atoms with E-state index in [1.807, 2.05) is 36.7 Å². The molecule has 6 heteroatoms. The lowest BCUT2D eigenvalue weighted by atomic mass is 9.95. The van der Waals surface area contributed by atoms with Crippen LogP contribution in [0.2, 0.25) is 0 Å². The average Bonchev–Trinajstić information content (AvgIpc) is 2.70. The van der Waals surface area contributed by atoms with Gasteiger partial charge in [0.2, 0.25) is 5.95 Å². The highest BCUT2D eigenvalue weighted by Gasteiger charge is 2.19. The lowest BCUT2D eigenvalue weighted by Crippen LogP contribution is -2.14. The molecule has 0 saturated heterocycles. The number of halogens is 1. The smallest absolute Gasteiger partial charge is 0.236 e. The number of hydrogen-bond acceptors (Lipinski definition) is 5. The molecule has 0 radical (unpaired) electrons. The quantitative estimate of drug-likeness (QED) is 0.336. The molecule has 0 aliphatic rings. The van der Waals surface area contributed by atoms with Gasteiger partial charge in [0.05, 0.1) is 17.5 Å². The SMILES string of the molecule is C=C(C)CC(C)CC(O)/C=C/c1c(-c2ccc(F)cc2)nc(N(C)SC)nc1C(C)C. The van der Waals surface area contributed by atoms with Crippen LogP contribution in [0.3, 0.4) is 0 Å². The van der Waals surface area contributed by atoms with Crippen LogP contribution in [-0.2, 0) is 0 Å². The maximum atomic E-state index is 13.5. The van der Waals surface area contributed by atoms with Crippen LogP contribution in [-0.4, -0.2) is 34.5 Å². The first-order chi connectivity index (χ1) is 14.6. The van der Waals surface area contributed by atoms with Gasteiger partial charge in [0.15, 0.2) is 0 Å². The van der Waals surface area contributed by atoms with Gasteiger partial charge >= 0.3 is 0 Å². The van der Waals surface area contributed by atoms with E-state index in [1.165, 1.54) is 24.1 Å². The van der Waals surface area contributed by atoms with E-state index < -0.39 is 6.10 Å². The summed E-state index contributed by atoms with van der Waals surface area (Å²) in [4.78, 5) is 9.59. The molecule has 2 aromatic rings. The van der Waals surface area contributed by atoms with Crippen LogP contribution < -0.4 is 4.31 Å². The van der Waals surface area contributed by atoms with Crippen molar-refractivity contribution in [2.45, 2.75) is 52.6 Å². The van der Waals surface area contributed by atoms with Crippen molar-refractivity contribution in [3.63, 3.8) is 0 Å². The number of nitrogens with zero attached hydrogens (tertiary/aromatic N) is 3. The molecule has 0 saturated carbocycles. The summed E-state index contributed by atoms with van der Waals surface area (Å²) in [5.74, 6) is 0.799. The first-order valence-corrected chi connectivity index (χ1v) is 11.8. The third-order valence-electron chi connectivity index (χ3n) is 5.01. The van der Waals surface area contributed by atoms with Gasteiger partial charge in [-0.15, -0.1) is 6.58 Å². The summed E-state index contributed by atoms with van der Waals surface area (Å²) >= 11 is 1.52. The van der Waals surface area contributed by atoms with Gasteiger partial charge in [-0.3, -0.25) is 4.31 Å². The summed E-state index contributed by atoms with van der Waals surface area (Å²) in [6.07, 6.45) is 6.65. The van der Waals surface area contributed by atoms with Gasteiger partial charge in [0.25, 0.3) is 0 Å². The molecule has 1 N–H and O–H groups in total. The molecule has 2 rings (SSSR count). The minimum absolute atomic E-state index is 0.148. The van der Waals surface area contributed by atoms with Gasteiger partial charge in [0, 0.05) is 24.4 Å². The first kappa shape index (κ1) is 25.1. The van der Waals surface area contributed by atoms with Crippen LogP contribution in [0.15, 0.2) is 42.5 Å². The van der Waals surface area contributed by atoms with E-state index in [2.05, 4.69) is 27.4 Å². The molecule has 168 valence electrons. The summed E-state index contributed by atoms with van der Waals surface area (Å²) < 4.78 is 15.4. The largest absolute Gasteiger partial charge is 0.389 e. The first-order valence-electron chi connectivity index (χ1n) is 10.6. The molecule has 2 unspecified atom stereocenters. The van der Waals surface area contributed by atoms with E-state index in [0.717, 1.165) is 34.5 Å². The predicted octanol–water partition coefficient (Wildman–Crippen LogP) is 6.49. The fourth-order valence-corrected chi connectivity index (χ4v) is 3.75. The van der Waals surface area contributed by atoms with Gasteiger partial charge in [-0.1, -0.05) is 50.4 Å². The number of aromatic nitrogens is 2. The minimum atomic E-state index is -0.580. The third-order valence-corrected chi connectivity index (χ3v) is 5.72. The van der Waals surface area contributed by atoms with Crippen LogP contribution in [0.25, 0.3) is 17.3 Å². The number of hydrogen-bond donors (Lipinski definition) is 1. The molecule has 1 heterocycles. The maximum Gasteiger partial charge on any atom is 0.236 e. The van der Waals surface area contributed by atoms with Crippen LogP contribution in [0.5, 0.6) is 0 Å². The Morgan fingerprint density at radius 3 is 2.42 bits per heavy atom. The second kappa shape index (κ2) is 11.4. The lowest BCUT2D eigenvalue weighted by molar-refractivity contribution is 0.191. The molecular weight excluding hydrogens is 409 g/mol. The van der Waals surface area contributed by atoms with Gasteiger partial charge in [0.1, 0.15) is 5.82 Å². The number of anilines is 1. The predicted molar refractivity (Wildman–Crippen MR) is 132 cm³/mol. The maximum absolute atomic E-state index is 13.5. The summed E-state index contributed by atoms with van der Waals surface area (Å²) in [7, 11) is 1.92. The van der Waals surface area contributed by atoms with Crippen molar-refractivity contribution >= 4 is 24.0 Å². The van der Waals surface area contributed by atoms with Crippen molar-refractivity contribution in [1.82, 2.24) is 9.97 Å². The molecule has 0 aliphatic heterocycles. The second-order valence-electron chi connectivity index (χ2n) is 8.44. The summed E-state index contributed by atoms with van der Waals surface area (Å²) in [5.41, 5.74) is 4.40. The molecule has 0 bridgehead atoms. The molecule has 0 amide bonds. The summed E-state index contributed by atoms with van der Waals surface area (Å²) in [6, 6.07) is 6.33. The number of aliphatic hydroxyl groups excluding tert-OH is 1. The number of benzene rings is 1. The molecule has 2 atom stereocenters. The minimum Gasteiger partial charge on any atom is -0.389 e. The fraction of sp³-hybridized carbons (Fsp3) is 0.440. The van der Waals surface area contributed by atoms with Crippen molar-refractivity contribution in [2.75, 3.05) is 17.6 Å². The van der Waals surface area contributed by atoms with E-state index in [4.69, 9.17) is 9.97 Å². The lowest BCUT2D eigenvalue weighted by Gasteiger charge is -2.20. The number of aliphatic hydroxyl groups is 1. The van der Waals surface area contributed by atoms with Crippen LogP contribution in [0.4, 0.5) is 10.3 Å². The Kier molecular flexibility index (Phi) is 9.26. The van der Waals surface area contributed by atoms with Gasteiger partial charge in [-0.2, -0.15) is 0 Å². The van der Waals surface area contributed by atoms with Gasteiger partial charge in [-0.05, 0) is 55.9 Å². The topological polar surface area (TPSA) is 49.3 Å². The zero-order valence-corrected chi connectivity index (χ0v) is 20.2. The average molecular weight is 444 g/mol. The Labute approximate surface area is 190 Å². The van der Waals surface area contributed by atoms with Gasteiger partial charge in [-0.25, -0.2) is 14.4 Å². The molecule has 1 aromatic carbocycles. The Balaban J connectivity index is 2.52. The number of allylic oxidation sites excluding steroid dienone is 1. The monoisotopic (exact) mass is 443 g/mol. The highest BCUT2D eigenvalue weighted by Crippen LogP contribution is 2.32. The van der Waals surface area contributed by atoms with Gasteiger partial charge < -0.3 is 5.11 Å². The molecule has 1 aromatic heterocycles. The second-order valence-corrected chi connectivity index (χ2v) is 9.35. The Morgan fingerprint density at radius 1 is 1.23 bits per heavy atom. The fourth-order valence-electron chi connectivity index (χ4n) is 3.51. The Morgan fingerprint density at radius 2 is 1.87 bits per heavy atom. The van der Waals surface area contributed by atoms with Crippen LogP contribution >= 0.6 is 11.9 Å². The molecule has 4 nitrogen and oxygen atoms in total. The third kappa shape index (κ3) is 7.18. The van der Waals surface area contributed by atoms with Crippen molar-refractivity contribution in [3.05, 3.63) is 59.6 Å². The van der Waals surface area contributed by atoms with Crippen molar-refractivity contribution in [3.8, 4) is 11.3 Å². The highest BCUT2D eigenvalue weighted by molar-refractivity contribution is 7.99. The van der Waals surface area contributed by atoms with E-state index in [0.29, 0.717) is 18.3 Å². The van der Waals surface area contributed by atoms with E-state index >= 15 is 0 Å². The van der Waals surface area contributed by atoms with E-state index in [-0.39, 0.29) is 11.7 Å². The summed E-state index contributed by atoms with van der Waals surface area (Å²) in [6.45, 7) is 12.3. The van der Waals surface area contributed by atoms with Crippen molar-refractivity contribution in [2.24, 2.45) is 5.92 Å². The zero-order valence-electron chi connectivity index (χ0n) is 19.4. The Hall–Kier alpha value is -2.18. The van der Waals surface area contributed by atoms with Crippen molar-refractivity contribution in [1.29, 1.82) is 0 Å². The van der Waals surface area contributed by atoms with E-state index in [1.54, 1.807) is 12.1 Å². The molecular formula is C25H34FN3OS. The molecule has 0 fully saturated rings. The zero-order chi connectivity index (χ0) is 23.1. The Bertz CT molecular complexity index is 912. The molecule has 31 heavy (non-hydrogen) atoms. The van der Waals surface area contributed by atoms with Crippen LogP contribution in [0.1, 0.15) is 57.7 Å². The van der Waals surface area contributed by atoms with Crippen molar-refractivity contribution < 1.29 is 9.50 Å². The van der Waals surface area contributed by atoms with E-state index in [9.17, 15) is 9.50 Å². The van der Waals surface area contributed by atoms with Crippen LogP contribution in [0, 0.1) is 11.7 Å². The molecule has 0 aliphatic carbocycles. The highest BCUT2D eigenvalue weighted by atomic mass is 32.2. The number of rotatable bonds is 10. The summed E-state index contributed by atoms with van der Waals surface area (Å²) in [5, 5.41) is 10.6. The standard InChI is InChI=1S/C25H34FN3OS/c1-16(2)14-18(5)15-21(30)12-13-22-23(17(3)4)27-25(29(6)31-7)28-24(22)19-8-10-20(26)11-9-19/h8-13,17-18,21,30H,1,14-15H2,2-7H3/b13-12+.